The van der Waals surface area contributed by atoms with E-state index in [2.05, 4.69) is 10.1 Å². The van der Waals surface area contributed by atoms with Gasteiger partial charge in [0.25, 0.3) is 0 Å². The maximum Gasteiger partial charge on any atom is 0.233 e. The summed E-state index contributed by atoms with van der Waals surface area (Å²) in [6, 6.07) is 7.68. The van der Waals surface area contributed by atoms with Gasteiger partial charge in [0.15, 0.2) is 0 Å². The number of nitrogens with zero attached hydrogens (tertiary/aromatic N) is 4. The zero-order valence-corrected chi connectivity index (χ0v) is 12.3. The van der Waals surface area contributed by atoms with Crippen molar-refractivity contribution < 1.29 is 4.79 Å². The number of fused-ring (bicyclic) bond motifs is 1. The van der Waals surface area contributed by atoms with Gasteiger partial charge in [0.2, 0.25) is 5.91 Å². The minimum atomic E-state index is -0.368. The number of benzene rings is 1. The molecule has 1 aromatic heterocycles. The molecule has 1 aromatic carbocycles. The SMILES string of the molecule is O=C(N1CCn2ncnc2C1)C1(c2cccc(Cl)c2)CC1. The van der Waals surface area contributed by atoms with Crippen LogP contribution >= 0.6 is 11.6 Å². The van der Waals surface area contributed by atoms with Gasteiger partial charge in [-0.05, 0) is 30.5 Å². The van der Waals surface area contributed by atoms with Crippen molar-refractivity contribution in [3.05, 3.63) is 47.0 Å². The van der Waals surface area contributed by atoms with Crippen LogP contribution < -0.4 is 0 Å². The normalized spacial score (nSPS) is 19.2. The minimum Gasteiger partial charge on any atom is -0.333 e. The number of hydrogen-bond acceptors (Lipinski definition) is 3. The summed E-state index contributed by atoms with van der Waals surface area (Å²) in [5.74, 6) is 1.05. The highest BCUT2D eigenvalue weighted by Crippen LogP contribution is 2.50. The van der Waals surface area contributed by atoms with E-state index >= 15 is 0 Å². The number of amides is 1. The van der Waals surface area contributed by atoms with E-state index in [1.54, 1.807) is 6.33 Å². The maximum atomic E-state index is 13.0. The minimum absolute atomic E-state index is 0.194. The van der Waals surface area contributed by atoms with E-state index in [0.717, 1.165) is 24.2 Å². The number of halogens is 1. The average molecular weight is 303 g/mol. The van der Waals surface area contributed by atoms with Crippen molar-refractivity contribution in [2.45, 2.75) is 31.3 Å². The summed E-state index contributed by atoms with van der Waals surface area (Å²) in [4.78, 5) is 19.1. The van der Waals surface area contributed by atoms with Crippen molar-refractivity contribution in [1.29, 1.82) is 0 Å². The Morgan fingerprint density at radius 2 is 2.14 bits per heavy atom. The van der Waals surface area contributed by atoms with Gasteiger partial charge in [0, 0.05) is 11.6 Å². The second kappa shape index (κ2) is 4.56. The van der Waals surface area contributed by atoms with Crippen LogP contribution in [0.25, 0.3) is 0 Å². The zero-order chi connectivity index (χ0) is 14.4. The van der Waals surface area contributed by atoms with Gasteiger partial charge in [-0.15, -0.1) is 0 Å². The number of carbonyl (C=O) groups is 1. The molecule has 1 saturated carbocycles. The molecular weight excluding hydrogens is 288 g/mol. The topological polar surface area (TPSA) is 51.0 Å². The summed E-state index contributed by atoms with van der Waals surface area (Å²) in [5.41, 5.74) is 0.666. The predicted molar refractivity (Wildman–Crippen MR) is 77.8 cm³/mol. The Labute approximate surface area is 127 Å². The van der Waals surface area contributed by atoms with Crippen LogP contribution in [0.2, 0.25) is 5.02 Å². The van der Waals surface area contributed by atoms with Crippen molar-refractivity contribution in [2.75, 3.05) is 6.54 Å². The van der Waals surface area contributed by atoms with Crippen LogP contribution in [0.5, 0.6) is 0 Å². The van der Waals surface area contributed by atoms with Gasteiger partial charge in [0.1, 0.15) is 12.2 Å². The Hall–Kier alpha value is -1.88. The number of hydrogen-bond donors (Lipinski definition) is 0. The molecule has 2 aromatic rings. The molecule has 2 aliphatic rings. The van der Waals surface area contributed by atoms with Crippen LogP contribution in [0.4, 0.5) is 0 Å². The lowest BCUT2D eigenvalue weighted by atomic mass is 9.94. The Morgan fingerprint density at radius 1 is 1.29 bits per heavy atom. The van der Waals surface area contributed by atoms with Crippen LogP contribution in [0.3, 0.4) is 0 Å². The van der Waals surface area contributed by atoms with Crippen molar-refractivity contribution >= 4 is 17.5 Å². The molecule has 1 fully saturated rings. The number of carbonyl (C=O) groups excluding carboxylic acids is 1. The fourth-order valence-corrected chi connectivity index (χ4v) is 3.27. The Kier molecular flexibility index (Phi) is 2.79. The highest BCUT2D eigenvalue weighted by atomic mass is 35.5. The van der Waals surface area contributed by atoms with Crippen LogP contribution in [0, 0.1) is 0 Å². The number of rotatable bonds is 2. The smallest absolute Gasteiger partial charge is 0.233 e. The van der Waals surface area contributed by atoms with E-state index < -0.39 is 0 Å². The summed E-state index contributed by atoms with van der Waals surface area (Å²) in [5, 5.41) is 4.83. The molecule has 21 heavy (non-hydrogen) atoms. The van der Waals surface area contributed by atoms with E-state index in [1.165, 1.54) is 0 Å². The average Bonchev–Trinajstić information content (AvgIpc) is 3.18. The summed E-state index contributed by atoms with van der Waals surface area (Å²) in [6.45, 7) is 1.95. The molecule has 0 spiro atoms. The molecule has 0 bridgehead atoms. The molecule has 108 valence electrons. The third-order valence-electron chi connectivity index (χ3n) is 4.43. The van der Waals surface area contributed by atoms with E-state index in [-0.39, 0.29) is 11.3 Å². The van der Waals surface area contributed by atoms with Gasteiger partial charge >= 0.3 is 0 Å². The highest BCUT2D eigenvalue weighted by Gasteiger charge is 2.53. The van der Waals surface area contributed by atoms with Gasteiger partial charge in [-0.2, -0.15) is 5.10 Å². The third-order valence-corrected chi connectivity index (χ3v) is 4.67. The van der Waals surface area contributed by atoms with Crippen molar-refractivity contribution in [2.24, 2.45) is 0 Å². The van der Waals surface area contributed by atoms with Gasteiger partial charge in [-0.1, -0.05) is 23.7 Å². The fourth-order valence-electron chi connectivity index (χ4n) is 3.08. The molecule has 4 rings (SSSR count). The van der Waals surface area contributed by atoms with E-state index in [1.807, 2.05) is 33.8 Å². The van der Waals surface area contributed by atoms with Crippen LogP contribution in [-0.2, 0) is 23.3 Å². The first-order valence-electron chi connectivity index (χ1n) is 7.11. The summed E-state index contributed by atoms with van der Waals surface area (Å²) in [7, 11) is 0. The monoisotopic (exact) mass is 302 g/mol. The Balaban J connectivity index is 1.61. The molecule has 2 heterocycles. The quantitative estimate of drug-likeness (QED) is 0.852. The summed E-state index contributed by atoms with van der Waals surface area (Å²) >= 11 is 6.07. The van der Waals surface area contributed by atoms with Gasteiger partial charge in [0.05, 0.1) is 18.5 Å². The second-order valence-corrected chi connectivity index (χ2v) is 6.16. The molecule has 0 saturated heterocycles. The second-order valence-electron chi connectivity index (χ2n) is 5.72. The standard InChI is InChI=1S/C15H15ClN4O/c16-12-3-1-2-11(8-12)15(4-5-15)14(21)19-6-7-20-13(9-19)17-10-18-20/h1-3,8,10H,4-7,9H2. The lowest BCUT2D eigenvalue weighted by Crippen LogP contribution is -2.44. The lowest BCUT2D eigenvalue weighted by molar-refractivity contribution is -0.135. The van der Waals surface area contributed by atoms with Crippen molar-refractivity contribution in [1.82, 2.24) is 19.7 Å². The first kappa shape index (κ1) is 12.8. The molecule has 5 nitrogen and oxygen atoms in total. The molecule has 0 radical (unpaired) electrons. The molecule has 1 aliphatic heterocycles. The fraction of sp³-hybridized carbons (Fsp3) is 0.400. The molecule has 1 amide bonds. The van der Waals surface area contributed by atoms with E-state index in [0.29, 0.717) is 24.7 Å². The molecular formula is C15H15ClN4O. The van der Waals surface area contributed by atoms with Gasteiger partial charge in [-0.25, -0.2) is 9.67 Å². The maximum absolute atomic E-state index is 13.0. The van der Waals surface area contributed by atoms with E-state index in [9.17, 15) is 4.79 Å². The first-order chi connectivity index (χ1) is 10.2. The van der Waals surface area contributed by atoms with Gasteiger partial charge < -0.3 is 4.90 Å². The Morgan fingerprint density at radius 3 is 2.90 bits per heavy atom. The summed E-state index contributed by atoms with van der Waals surface area (Å²) in [6.07, 6.45) is 3.35. The van der Waals surface area contributed by atoms with E-state index in [4.69, 9.17) is 11.6 Å². The molecule has 6 heteroatoms. The first-order valence-corrected chi connectivity index (χ1v) is 7.49. The zero-order valence-electron chi connectivity index (χ0n) is 11.5. The van der Waals surface area contributed by atoms with Crippen LogP contribution in [0.15, 0.2) is 30.6 Å². The number of aromatic nitrogens is 3. The third kappa shape index (κ3) is 2.03. The predicted octanol–water partition coefficient (Wildman–Crippen LogP) is 2.01. The molecule has 0 N–H and O–H groups in total. The van der Waals surface area contributed by atoms with Crippen LogP contribution in [0.1, 0.15) is 24.2 Å². The van der Waals surface area contributed by atoms with Gasteiger partial charge in [-0.3, -0.25) is 4.79 Å². The van der Waals surface area contributed by atoms with Crippen molar-refractivity contribution in [3.63, 3.8) is 0 Å². The molecule has 0 unspecified atom stereocenters. The molecule has 0 atom stereocenters. The lowest BCUT2D eigenvalue weighted by Gasteiger charge is -2.30. The van der Waals surface area contributed by atoms with Crippen molar-refractivity contribution in [3.8, 4) is 0 Å². The Bertz CT molecular complexity index is 707. The highest BCUT2D eigenvalue weighted by molar-refractivity contribution is 6.30. The largest absolute Gasteiger partial charge is 0.333 e. The summed E-state index contributed by atoms with van der Waals surface area (Å²) < 4.78 is 1.86. The van der Waals surface area contributed by atoms with Crippen LogP contribution in [-0.4, -0.2) is 32.1 Å². The molecule has 1 aliphatic carbocycles.